The smallest absolute Gasteiger partial charge is 0.311 e. The molecule has 0 atom stereocenters. The van der Waals surface area contributed by atoms with Crippen LogP contribution in [0.1, 0.15) is 11.3 Å². The molecule has 2 rings (SSSR count). The van der Waals surface area contributed by atoms with Crippen molar-refractivity contribution in [3.05, 3.63) is 47.8 Å². The van der Waals surface area contributed by atoms with E-state index in [-0.39, 0.29) is 12.4 Å². The zero-order valence-corrected chi connectivity index (χ0v) is 10.2. The number of methoxy groups -OCH3 is 1. The highest BCUT2D eigenvalue weighted by Crippen LogP contribution is 2.02. The van der Waals surface area contributed by atoms with Gasteiger partial charge in [-0.2, -0.15) is 0 Å². The third-order valence-electron chi connectivity index (χ3n) is 2.61. The van der Waals surface area contributed by atoms with E-state index in [0.29, 0.717) is 5.69 Å². The minimum Gasteiger partial charge on any atom is -0.469 e. The molecule has 1 heterocycles. The van der Waals surface area contributed by atoms with Gasteiger partial charge in [0, 0.05) is 12.7 Å². The van der Waals surface area contributed by atoms with E-state index in [2.05, 4.69) is 27.2 Å². The minimum absolute atomic E-state index is 0.168. The molecule has 0 unspecified atom stereocenters. The van der Waals surface area contributed by atoms with Gasteiger partial charge in [0.1, 0.15) is 0 Å². The van der Waals surface area contributed by atoms with E-state index in [1.807, 2.05) is 18.2 Å². The van der Waals surface area contributed by atoms with Crippen LogP contribution < -0.4 is 0 Å². The van der Waals surface area contributed by atoms with Gasteiger partial charge in [0.25, 0.3) is 0 Å². The number of carbonyl (C=O) groups is 1. The molecule has 0 amide bonds. The Labute approximate surface area is 105 Å². The Bertz CT molecular complexity index is 508. The average Bonchev–Trinajstić information content (AvgIpc) is 2.85. The number of benzene rings is 1. The number of nitrogens with zero attached hydrogens (tertiary/aromatic N) is 3. The van der Waals surface area contributed by atoms with Crippen LogP contribution in [0.5, 0.6) is 0 Å². The first kappa shape index (κ1) is 12.3. The summed E-state index contributed by atoms with van der Waals surface area (Å²) in [5.74, 6) is -0.301. The molecular formula is C13H15N3O2. The lowest BCUT2D eigenvalue weighted by Crippen LogP contribution is -2.04. The Morgan fingerprint density at radius 2 is 2.11 bits per heavy atom. The maximum atomic E-state index is 11.1. The van der Waals surface area contributed by atoms with E-state index in [0.717, 1.165) is 13.0 Å². The maximum absolute atomic E-state index is 11.1. The highest BCUT2D eigenvalue weighted by molar-refractivity contribution is 5.71. The van der Waals surface area contributed by atoms with Crippen molar-refractivity contribution in [2.24, 2.45) is 0 Å². The first-order valence-electron chi connectivity index (χ1n) is 5.77. The van der Waals surface area contributed by atoms with E-state index in [9.17, 15) is 4.79 Å². The molecule has 0 aliphatic heterocycles. The largest absolute Gasteiger partial charge is 0.469 e. The van der Waals surface area contributed by atoms with Crippen molar-refractivity contribution in [2.75, 3.05) is 7.11 Å². The van der Waals surface area contributed by atoms with Crippen LogP contribution in [0.15, 0.2) is 36.5 Å². The number of esters is 1. The van der Waals surface area contributed by atoms with E-state index in [1.165, 1.54) is 12.7 Å². The van der Waals surface area contributed by atoms with Crippen LogP contribution in [0.4, 0.5) is 0 Å². The summed E-state index contributed by atoms with van der Waals surface area (Å²) < 4.78 is 6.32. The molecule has 1 aromatic heterocycles. The molecule has 1 aromatic carbocycles. The van der Waals surface area contributed by atoms with Crippen molar-refractivity contribution in [2.45, 2.75) is 19.4 Å². The van der Waals surface area contributed by atoms with E-state index in [1.54, 1.807) is 10.9 Å². The molecule has 0 spiro atoms. The lowest BCUT2D eigenvalue weighted by atomic mass is 10.1. The molecule has 0 fully saturated rings. The molecule has 0 radical (unpaired) electrons. The first-order valence-corrected chi connectivity index (χ1v) is 5.77. The number of aryl methyl sites for hydroxylation is 2. The second kappa shape index (κ2) is 5.95. The number of aromatic nitrogens is 3. The quantitative estimate of drug-likeness (QED) is 0.744. The second-order valence-electron chi connectivity index (χ2n) is 3.96. The standard InChI is InChI=1S/C13H15N3O2/c1-18-13(17)9-12-10-16(15-14-12)8-7-11-5-3-2-4-6-11/h2-6,10H,7-9H2,1H3. The Balaban J connectivity index is 1.89. The number of rotatable bonds is 5. The van der Waals surface area contributed by atoms with Crippen LogP contribution in [0, 0.1) is 0 Å². The molecule has 18 heavy (non-hydrogen) atoms. The van der Waals surface area contributed by atoms with E-state index in [4.69, 9.17) is 0 Å². The van der Waals surface area contributed by atoms with Crippen LogP contribution in [0.2, 0.25) is 0 Å². The summed E-state index contributed by atoms with van der Waals surface area (Å²) in [5.41, 5.74) is 1.89. The topological polar surface area (TPSA) is 57.0 Å². The van der Waals surface area contributed by atoms with Crippen molar-refractivity contribution in [1.82, 2.24) is 15.0 Å². The van der Waals surface area contributed by atoms with Gasteiger partial charge in [-0.05, 0) is 12.0 Å². The molecule has 94 valence electrons. The van der Waals surface area contributed by atoms with Crippen molar-refractivity contribution >= 4 is 5.97 Å². The normalized spacial score (nSPS) is 10.3. The predicted octanol–water partition coefficient (Wildman–Crippen LogP) is 1.24. The highest BCUT2D eigenvalue weighted by Gasteiger charge is 2.07. The average molecular weight is 245 g/mol. The third kappa shape index (κ3) is 3.41. The lowest BCUT2D eigenvalue weighted by molar-refractivity contribution is -0.139. The van der Waals surface area contributed by atoms with Crippen molar-refractivity contribution in [3.63, 3.8) is 0 Å². The molecule has 2 aromatic rings. The second-order valence-corrected chi connectivity index (χ2v) is 3.96. The Morgan fingerprint density at radius 3 is 2.83 bits per heavy atom. The summed E-state index contributed by atoms with van der Waals surface area (Å²) in [5, 5.41) is 7.91. The Kier molecular flexibility index (Phi) is 4.06. The van der Waals surface area contributed by atoms with Crippen LogP contribution in [-0.4, -0.2) is 28.1 Å². The van der Waals surface area contributed by atoms with Gasteiger partial charge in [0.05, 0.1) is 19.2 Å². The van der Waals surface area contributed by atoms with E-state index < -0.39 is 0 Å². The number of hydrogen-bond acceptors (Lipinski definition) is 4. The summed E-state index contributed by atoms with van der Waals surface area (Å²) in [6.45, 7) is 0.748. The summed E-state index contributed by atoms with van der Waals surface area (Å²) in [6.07, 6.45) is 2.84. The fourth-order valence-electron chi connectivity index (χ4n) is 1.64. The first-order chi connectivity index (χ1) is 8.78. The van der Waals surface area contributed by atoms with Crippen molar-refractivity contribution < 1.29 is 9.53 Å². The highest BCUT2D eigenvalue weighted by atomic mass is 16.5. The summed E-state index contributed by atoms with van der Waals surface area (Å²) in [7, 11) is 1.36. The van der Waals surface area contributed by atoms with Crippen LogP contribution >= 0.6 is 0 Å². The summed E-state index contributed by atoms with van der Waals surface area (Å²) >= 11 is 0. The van der Waals surface area contributed by atoms with Gasteiger partial charge in [0.15, 0.2) is 0 Å². The van der Waals surface area contributed by atoms with Gasteiger partial charge in [-0.1, -0.05) is 35.5 Å². The fraction of sp³-hybridized carbons (Fsp3) is 0.308. The number of carbonyl (C=O) groups excluding carboxylic acids is 1. The molecule has 0 aliphatic carbocycles. The molecule has 0 saturated heterocycles. The van der Waals surface area contributed by atoms with E-state index >= 15 is 0 Å². The van der Waals surface area contributed by atoms with Gasteiger partial charge in [-0.15, -0.1) is 5.10 Å². The van der Waals surface area contributed by atoms with Gasteiger partial charge in [-0.25, -0.2) is 0 Å². The number of ether oxygens (including phenoxy) is 1. The van der Waals surface area contributed by atoms with Crippen molar-refractivity contribution in [3.8, 4) is 0 Å². The summed E-state index contributed by atoms with van der Waals surface area (Å²) in [4.78, 5) is 11.1. The summed E-state index contributed by atoms with van der Waals surface area (Å²) in [6, 6.07) is 10.2. The fourth-order valence-corrected chi connectivity index (χ4v) is 1.64. The zero-order valence-electron chi connectivity index (χ0n) is 10.2. The Hall–Kier alpha value is -2.17. The van der Waals surface area contributed by atoms with Gasteiger partial charge >= 0.3 is 5.97 Å². The van der Waals surface area contributed by atoms with Crippen LogP contribution in [-0.2, 0) is 28.9 Å². The number of hydrogen-bond donors (Lipinski definition) is 0. The third-order valence-corrected chi connectivity index (χ3v) is 2.61. The SMILES string of the molecule is COC(=O)Cc1cn(CCc2ccccc2)nn1. The van der Waals surface area contributed by atoms with Crippen LogP contribution in [0.3, 0.4) is 0 Å². The van der Waals surface area contributed by atoms with Gasteiger partial charge < -0.3 is 4.74 Å². The maximum Gasteiger partial charge on any atom is 0.311 e. The van der Waals surface area contributed by atoms with Crippen molar-refractivity contribution in [1.29, 1.82) is 0 Å². The zero-order chi connectivity index (χ0) is 12.8. The van der Waals surface area contributed by atoms with Gasteiger partial charge in [0.2, 0.25) is 0 Å². The molecule has 5 nitrogen and oxygen atoms in total. The molecule has 0 bridgehead atoms. The minimum atomic E-state index is -0.301. The van der Waals surface area contributed by atoms with Crippen LogP contribution in [0.25, 0.3) is 0 Å². The van der Waals surface area contributed by atoms with Gasteiger partial charge in [-0.3, -0.25) is 9.48 Å². The monoisotopic (exact) mass is 245 g/mol. The molecular weight excluding hydrogens is 230 g/mol. The lowest BCUT2D eigenvalue weighted by Gasteiger charge is -2.00. The molecule has 0 aliphatic rings. The molecule has 0 N–H and O–H groups in total. The molecule has 5 heteroatoms. The predicted molar refractivity (Wildman–Crippen MR) is 65.9 cm³/mol. The molecule has 0 saturated carbocycles. The Morgan fingerprint density at radius 1 is 1.33 bits per heavy atom.